The standard InChI is InChI=1S/C10H14N6OS/c1-2-15(4-3-7(11)18)8-5-9-13-14-10(17)16(9)6-12-8/h5-6H,2-4H2,1H3,(H2,11,18)(H,14,17). The van der Waals surface area contributed by atoms with Crippen molar-refractivity contribution in [3.8, 4) is 0 Å². The van der Waals surface area contributed by atoms with E-state index in [1.165, 1.54) is 10.7 Å². The largest absolute Gasteiger partial charge is 0.393 e. The molecule has 0 radical (unpaired) electrons. The Labute approximate surface area is 109 Å². The third kappa shape index (κ3) is 2.48. The molecule has 0 aliphatic carbocycles. The molecule has 2 aromatic heterocycles. The summed E-state index contributed by atoms with van der Waals surface area (Å²) in [5.74, 6) is 0.750. The Morgan fingerprint density at radius 1 is 1.67 bits per heavy atom. The van der Waals surface area contributed by atoms with Gasteiger partial charge in [-0.05, 0) is 6.92 Å². The molecule has 0 fully saturated rings. The van der Waals surface area contributed by atoms with Crippen LogP contribution in [0.5, 0.6) is 0 Å². The Balaban J connectivity index is 2.27. The fourth-order valence-electron chi connectivity index (χ4n) is 1.65. The van der Waals surface area contributed by atoms with Gasteiger partial charge in [-0.3, -0.25) is 0 Å². The first-order valence-electron chi connectivity index (χ1n) is 5.58. The normalized spacial score (nSPS) is 10.7. The predicted molar refractivity (Wildman–Crippen MR) is 72.9 cm³/mol. The molecule has 0 bridgehead atoms. The lowest BCUT2D eigenvalue weighted by Crippen LogP contribution is -2.28. The smallest absolute Gasteiger partial charge is 0.348 e. The molecule has 0 saturated carbocycles. The minimum Gasteiger partial charge on any atom is -0.393 e. The van der Waals surface area contributed by atoms with E-state index in [-0.39, 0.29) is 5.69 Å². The van der Waals surface area contributed by atoms with Gasteiger partial charge in [0.2, 0.25) is 0 Å². The first-order chi connectivity index (χ1) is 8.61. The van der Waals surface area contributed by atoms with Gasteiger partial charge in [-0.25, -0.2) is 19.3 Å². The maximum atomic E-state index is 11.3. The molecule has 7 nitrogen and oxygen atoms in total. The van der Waals surface area contributed by atoms with Crippen LogP contribution in [0.2, 0.25) is 0 Å². The van der Waals surface area contributed by atoms with Crippen LogP contribution in [0, 0.1) is 0 Å². The van der Waals surface area contributed by atoms with Gasteiger partial charge in [0.1, 0.15) is 12.1 Å². The number of aromatic amines is 1. The summed E-state index contributed by atoms with van der Waals surface area (Å²) >= 11 is 4.86. The summed E-state index contributed by atoms with van der Waals surface area (Å²) in [6.07, 6.45) is 2.09. The second kappa shape index (κ2) is 5.13. The van der Waals surface area contributed by atoms with E-state index in [1.807, 2.05) is 11.8 Å². The lowest BCUT2D eigenvalue weighted by atomic mass is 10.3. The molecule has 0 atom stereocenters. The van der Waals surface area contributed by atoms with Crippen molar-refractivity contribution in [1.29, 1.82) is 0 Å². The molecule has 18 heavy (non-hydrogen) atoms. The van der Waals surface area contributed by atoms with Gasteiger partial charge in [-0.15, -0.1) is 0 Å². The maximum absolute atomic E-state index is 11.3. The summed E-state index contributed by atoms with van der Waals surface area (Å²) in [7, 11) is 0. The molecule has 2 heterocycles. The summed E-state index contributed by atoms with van der Waals surface area (Å²) in [5.41, 5.74) is 5.73. The number of rotatable bonds is 5. The summed E-state index contributed by atoms with van der Waals surface area (Å²) in [5, 5.41) is 6.27. The summed E-state index contributed by atoms with van der Waals surface area (Å²) in [6.45, 7) is 3.49. The van der Waals surface area contributed by atoms with Crippen LogP contribution in [-0.2, 0) is 0 Å². The number of thiocarbonyl (C=S) groups is 1. The molecular weight excluding hydrogens is 252 g/mol. The van der Waals surface area contributed by atoms with E-state index in [9.17, 15) is 4.79 Å². The number of nitrogens with one attached hydrogen (secondary N) is 1. The first-order valence-corrected chi connectivity index (χ1v) is 5.98. The van der Waals surface area contributed by atoms with Crippen LogP contribution in [0.4, 0.5) is 5.82 Å². The Kier molecular flexibility index (Phi) is 3.56. The van der Waals surface area contributed by atoms with Crippen LogP contribution in [-0.4, -0.2) is 37.7 Å². The molecule has 0 aromatic carbocycles. The number of nitrogens with zero attached hydrogens (tertiary/aromatic N) is 4. The quantitative estimate of drug-likeness (QED) is 0.735. The summed E-state index contributed by atoms with van der Waals surface area (Å²) < 4.78 is 1.35. The van der Waals surface area contributed by atoms with Crippen LogP contribution < -0.4 is 16.3 Å². The molecule has 0 aliphatic heterocycles. The molecule has 2 aromatic rings. The Hall–Kier alpha value is -1.96. The minimum atomic E-state index is -0.296. The fraction of sp³-hybridized carbons (Fsp3) is 0.400. The molecule has 2 rings (SSSR count). The second-order valence-electron chi connectivity index (χ2n) is 3.80. The van der Waals surface area contributed by atoms with Crippen LogP contribution in [0.25, 0.3) is 5.65 Å². The SMILES string of the molecule is CCN(CCC(N)=S)c1cc2n[nH]c(=O)n2cn1. The topological polar surface area (TPSA) is 92.3 Å². The first kappa shape index (κ1) is 12.5. The number of aromatic nitrogens is 4. The van der Waals surface area contributed by atoms with Gasteiger partial charge in [0.15, 0.2) is 5.65 Å². The molecule has 0 spiro atoms. The average Bonchev–Trinajstić information content (AvgIpc) is 2.71. The zero-order chi connectivity index (χ0) is 13.1. The predicted octanol–water partition coefficient (Wildman–Crippen LogP) is -0.0799. The Morgan fingerprint density at radius 3 is 3.11 bits per heavy atom. The molecule has 0 unspecified atom stereocenters. The molecule has 0 amide bonds. The third-order valence-electron chi connectivity index (χ3n) is 2.63. The molecule has 96 valence electrons. The van der Waals surface area contributed by atoms with Gasteiger partial charge in [-0.2, -0.15) is 5.10 Å². The van der Waals surface area contributed by atoms with E-state index in [4.69, 9.17) is 18.0 Å². The second-order valence-corrected chi connectivity index (χ2v) is 4.32. The number of hydrogen-bond donors (Lipinski definition) is 2. The van der Waals surface area contributed by atoms with Gasteiger partial charge in [-0.1, -0.05) is 12.2 Å². The van der Waals surface area contributed by atoms with Crippen molar-refractivity contribution in [3.05, 3.63) is 22.9 Å². The molecular formula is C10H14N6OS. The maximum Gasteiger partial charge on any atom is 0.348 e. The van der Waals surface area contributed by atoms with E-state index in [1.54, 1.807) is 6.07 Å². The van der Waals surface area contributed by atoms with Gasteiger partial charge < -0.3 is 10.6 Å². The van der Waals surface area contributed by atoms with Crippen LogP contribution in [0.3, 0.4) is 0 Å². The van der Waals surface area contributed by atoms with Crippen molar-refractivity contribution in [2.24, 2.45) is 5.73 Å². The summed E-state index contributed by atoms with van der Waals surface area (Å²) in [6, 6.07) is 1.75. The Bertz CT molecular complexity index is 618. The number of anilines is 1. The number of nitrogens with two attached hydrogens (primary N) is 1. The van der Waals surface area contributed by atoms with E-state index < -0.39 is 0 Å². The van der Waals surface area contributed by atoms with Crippen molar-refractivity contribution in [1.82, 2.24) is 19.6 Å². The number of fused-ring (bicyclic) bond motifs is 1. The van der Waals surface area contributed by atoms with Crippen molar-refractivity contribution >= 4 is 28.7 Å². The lowest BCUT2D eigenvalue weighted by molar-refractivity contribution is 0.814. The highest BCUT2D eigenvalue weighted by molar-refractivity contribution is 7.80. The van der Waals surface area contributed by atoms with E-state index in [0.717, 1.165) is 12.4 Å². The average molecular weight is 266 g/mol. The molecule has 3 N–H and O–H groups in total. The van der Waals surface area contributed by atoms with Gasteiger partial charge in [0.05, 0.1) is 4.99 Å². The van der Waals surface area contributed by atoms with E-state index in [0.29, 0.717) is 23.6 Å². The van der Waals surface area contributed by atoms with E-state index >= 15 is 0 Å². The highest BCUT2D eigenvalue weighted by Gasteiger charge is 2.09. The minimum absolute atomic E-state index is 0.296. The fourth-order valence-corrected chi connectivity index (χ4v) is 1.74. The highest BCUT2D eigenvalue weighted by atomic mass is 32.1. The van der Waals surface area contributed by atoms with Gasteiger partial charge in [0.25, 0.3) is 0 Å². The molecule has 8 heteroatoms. The molecule has 0 saturated heterocycles. The van der Waals surface area contributed by atoms with Gasteiger partial charge >= 0.3 is 5.69 Å². The van der Waals surface area contributed by atoms with Crippen molar-refractivity contribution in [2.75, 3.05) is 18.0 Å². The van der Waals surface area contributed by atoms with Crippen molar-refractivity contribution in [3.63, 3.8) is 0 Å². The van der Waals surface area contributed by atoms with E-state index in [2.05, 4.69) is 15.2 Å². The monoisotopic (exact) mass is 266 g/mol. The zero-order valence-electron chi connectivity index (χ0n) is 9.96. The lowest BCUT2D eigenvalue weighted by Gasteiger charge is -2.21. The highest BCUT2D eigenvalue weighted by Crippen LogP contribution is 2.11. The summed E-state index contributed by atoms with van der Waals surface area (Å²) in [4.78, 5) is 18.0. The third-order valence-corrected chi connectivity index (χ3v) is 2.83. The molecule has 0 aliphatic rings. The zero-order valence-corrected chi connectivity index (χ0v) is 10.8. The van der Waals surface area contributed by atoms with Crippen molar-refractivity contribution in [2.45, 2.75) is 13.3 Å². The van der Waals surface area contributed by atoms with Crippen LogP contribution in [0.15, 0.2) is 17.2 Å². The van der Waals surface area contributed by atoms with Crippen LogP contribution >= 0.6 is 12.2 Å². The van der Waals surface area contributed by atoms with Crippen molar-refractivity contribution < 1.29 is 0 Å². The van der Waals surface area contributed by atoms with Gasteiger partial charge in [0, 0.05) is 25.6 Å². The number of hydrogen-bond acceptors (Lipinski definition) is 5. The number of H-pyrrole nitrogens is 1. The van der Waals surface area contributed by atoms with Crippen LogP contribution in [0.1, 0.15) is 13.3 Å². The Morgan fingerprint density at radius 2 is 2.44 bits per heavy atom.